The minimum absolute atomic E-state index is 0.0732. The third kappa shape index (κ3) is 7.13. The first-order chi connectivity index (χ1) is 13.6. The molecule has 0 aliphatic carbocycles. The highest BCUT2D eigenvalue weighted by Crippen LogP contribution is 2.25. The van der Waals surface area contributed by atoms with Crippen LogP contribution >= 0.6 is 39.1 Å². The van der Waals surface area contributed by atoms with E-state index >= 15 is 0 Å². The zero-order chi connectivity index (χ0) is 21.6. The van der Waals surface area contributed by atoms with Gasteiger partial charge in [0.05, 0.1) is 18.0 Å². The van der Waals surface area contributed by atoms with Gasteiger partial charge in [-0.2, -0.15) is 0 Å². The first-order valence-corrected chi connectivity index (χ1v) is 12.2. The van der Waals surface area contributed by atoms with Crippen LogP contribution in [0.5, 0.6) is 0 Å². The van der Waals surface area contributed by atoms with E-state index in [1.165, 1.54) is 12.2 Å². The summed E-state index contributed by atoms with van der Waals surface area (Å²) in [5.41, 5.74) is 1.45. The summed E-state index contributed by atoms with van der Waals surface area (Å²) >= 11 is 15.6. The van der Waals surface area contributed by atoms with Gasteiger partial charge in [0.2, 0.25) is 10.0 Å². The first-order valence-electron chi connectivity index (χ1n) is 9.02. The van der Waals surface area contributed by atoms with Gasteiger partial charge in [0.1, 0.15) is 10.4 Å². The number of imidazole rings is 1. The fourth-order valence-electron chi connectivity index (χ4n) is 2.66. The third-order valence-corrected chi connectivity index (χ3v) is 6.67. The number of nitrogens with zero attached hydrogens (tertiary/aromatic N) is 2. The van der Waals surface area contributed by atoms with Crippen molar-refractivity contribution in [3.05, 3.63) is 56.0 Å². The number of sulfonamides is 1. The maximum Gasteiger partial charge on any atom is 0.257 e. The molecule has 0 radical (unpaired) electrons. The van der Waals surface area contributed by atoms with Crippen molar-refractivity contribution in [2.75, 3.05) is 5.75 Å². The molecule has 0 unspecified atom stereocenters. The average Bonchev–Trinajstić information content (AvgIpc) is 2.88. The molecule has 0 atom stereocenters. The summed E-state index contributed by atoms with van der Waals surface area (Å²) in [7, 11) is -3.65. The summed E-state index contributed by atoms with van der Waals surface area (Å²) < 4.78 is 28.4. The van der Waals surface area contributed by atoms with Crippen LogP contribution in [0.2, 0.25) is 10.0 Å². The lowest BCUT2D eigenvalue weighted by atomic mass is 10.2. The van der Waals surface area contributed by atoms with Crippen molar-refractivity contribution in [1.29, 1.82) is 0 Å². The highest BCUT2D eigenvalue weighted by Gasteiger charge is 2.15. The van der Waals surface area contributed by atoms with Crippen molar-refractivity contribution < 1.29 is 13.2 Å². The zero-order valence-corrected chi connectivity index (χ0v) is 20.0. The van der Waals surface area contributed by atoms with Gasteiger partial charge in [-0.25, -0.2) is 18.1 Å². The van der Waals surface area contributed by atoms with Crippen LogP contribution in [0.25, 0.3) is 6.08 Å². The summed E-state index contributed by atoms with van der Waals surface area (Å²) in [6.45, 7) is 4.22. The summed E-state index contributed by atoms with van der Waals surface area (Å²) in [6.07, 6.45) is 4.91. The van der Waals surface area contributed by atoms with Gasteiger partial charge in [0, 0.05) is 16.1 Å². The Morgan fingerprint density at radius 2 is 2.03 bits per heavy atom. The van der Waals surface area contributed by atoms with Crippen LogP contribution in [0.1, 0.15) is 43.3 Å². The van der Waals surface area contributed by atoms with E-state index in [0.717, 1.165) is 18.4 Å². The molecule has 158 valence electrons. The number of aryl methyl sites for hydroxylation is 1. The van der Waals surface area contributed by atoms with Gasteiger partial charge >= 0.3 is 0 Å². The third-order valence-electron chi connectivity index (χ3n) is 4.16. The average molecular weight is 523 g/mol. The highest BCUT2D eigenvalue weighted by molar-refractivity contribution is 9.10. The Bertz CT molecular complexity index is 1020. The Labute approximate surface area is 189 Å². The van der Waals surface area contributed by atoms with Crippen LogP contribution in [0.4, 0.5) is 0 Å². The standard InChI is InChI=1S/C19H22BrCl2N3O3S/c1-3-4-5-10-29(27,28)24-18(26)9-8-17-19(20)23-13(2)25(17)12-14-6-7-15(21)11-16(14)22/h6-9,11H,3-5,10,12H2,1-2H3,(H,24,26)/b9-8+. The van der Waals surface area contributed by atoms with Crippen LogP contribution in [0.15, 0.2) is 28.9 Å². The molecule has 0 aliphatic rings. The van der Waals surface area contributed by atoms with E-state index in [4.69, 9.17) is 23.2 Å². The van der Waals surface area contributed by atoms with Crippen LogP contribution in [-0.4, -0.2) is 29.6 Å². The van der Waals surface area contributed by atoms with Gasteiger partial charge in [-0.15, -0.1) is 0 Å². The number of nitrogens with one attached hydrogen (secondary N) is 1. The Kier molecular flexibility index (Phi) is 8.75. The van der Waals surface area contributed by atoms with Gasteiger partial charge in [0.15, 0.2) is 0 Å². The lowest BCUT2D eigenvalue weighted by Gasteiger charge is -2.10. The predicted molar refractivity (Wildman–Crippen MR) is 121 cm³/mol. The molecule has 1 amide bonds. The molecule has 1 N–H and O–H groups in total. The Morgan fingerprint density at radius 1 is 1.31 bits per heavy atom. The zero-order valence-electron chi connectivity index (χ0n) is 16.1. The van der Waals surface area contributed by atoms with E-state index in [1.54, 1.807) is 12.1 Å². The number of hydrogen-bond donors (Lipinski definition) is 1. The second-order valence-corrected chi connectivity index (χ2v) is 9.92. The smallest absolute Gasteiger partial charge is 0.257 e. The highest BCUT2D eigenvalue weighted by atomic mass is 79.9. The summed E-state index contributed by atoms with van der Waals surface area (Å²) in [5.74, 6) is -0.0746. The monoisotopic (exact) mass is 521 g/mol. The predicted octanol–water partition coefficient (Wildman–Crippen LogP) is 4.96. The van der Waals surface area contributed by atoms with Crippen molar-refractivity contribution in [3.63, 3.8) is 0 Å². The Hall–Kier alpha value is -1.35. The molecule has 6 nitrogen and oxygen atoms in total. The molecule has 2 aromatic rings. The van der Waals surface area contributed by atoms with Crippen LogP contribution in [0, 0.1) is 6.92 Å². The lowest BCUT2D eigenvalue weighted by Crippen LogP contribution is -2.31. The van der Waals surface area contributed by atoms with Gasteiger partial charge in [0.25, 0.3) is 5.91 Å². The number of rotatable bonds is 9. The van der Waals surface area contributed by atoms with Crippen molar-refractivity contribution in [3.8, 4) is 0 Å². The number of amides is 1. The quantitative estimate of drug-likeness (QED) is 0.373. The second-order valence-electron chi connectivity index (χ2n) is 6.48. The maximum atomic E-state index is 12.1. The molecule has 0 saturated carbocycles. The number of carbonyl (C=O) groups is 1. The number of hydrogen-bond acceptors (Lipinski definition) is 4. The Balaban J connectivity index is 2.17. The van der Waals surface area contributed by atoms with Crippen molar-refractivity contribution in [2.45, 2.75) is 39.7 Å². The topological polar surface area (TPSA) is 81.1 Å². The van der Waals surface area contributed by atoms with Gasteiger partial charge in [-0.05, 0) is 53.0 Å². The number of carbonyl (C=O) groups excluding carboxylic acids is 1. The number of halogens is 3. The van der Waals surface area contributed by atoms with Crippen molar-refractivity contribution in [2.24, 2.45) is 0 Å². The molecule has 29 heavy (non-hydrogen) atoms. The van der Waals surface area contributed by atoms with E-state index in [-0.39, 0.29) is 5.75 Å². The fourth-order valence-corrected chi connectivity index (χ4v) is 4.79. The molecule has 0 spiro atoms. The molecule has 1 aromatic carbocycles. The van der Waals surface area contributed by atoms with Crippen LogP contribution in [0.3, 0.4) is 0 Å². The summed E-state index contributed by atoms with van der Waals surface area (Å²) in [5, 5.41) is 1.06. The maximum absolute atomic E-state index is 12.1. The summed E-state index contributed by atoms with van der Waals surface area (Å²) in [6, 6.07) is 5.23. The molecule has 10 heteroatoms. The lowest BCUT2D eigenvalue weighted by molar-refractivity contribution is -0.114. The van der Waals surface area contributed by atoms with Crippen LogP contribution < -0.4 is 4.72 Å². The molecule has 0 bridgehead atoms. The second kappa shape index (κ2) is 10.6. The number of unbranched alkanes of at least 4 members (excludes halogenated alkanes) is 2. The molecule has 1 aromatic heterocycles. The molecular formula is C19H22BrCl2N3O3S. The minimum Gasteiger partial charge on any atom is -0.323 e. The van der Waals surface area contributed by atoms with Gasteiger partial charge in [-0.3, -0.25) is 4.79 Å². The van der Waals surface area contributed by atoms with E-state index in [0.29, 0.717) is 39.1 Å². The van der Waals surface area contributed by atoms with Crippen molar-refractivity contribution in [1.82, 2.24) is 14.3 Å². The molecule has 1 heterocycles. The fraction of sp³-hybridized carbons (Fsp3) is 0.368. The number of aromatic nitrogens is 2. The van der Waals surface area contributed by atoms with E-state index in [1.807, 2.05) is 24.5 Å². The largest absolute Gasteiger partial charge is 0.323 e. The summed E-state index contributed by atoms with van der Waals surface area (Å²) in [4.78, 5) is 16.5. The van der Waals surface area contributed by atoms with E-state index in [9.17, 15) is 13.2 Å². The molecular weight excluding hydrogens is 501 g/mol. The SMILES string of the molecule is CCCCCS(=O)(=O)NC(=O)/C=C/c1c(Br)nc(C)n1Cc1ccc(Cl)cc1Cl. The van der Waals surface area contributed by atoms with Crippen molar-refractivity contribution >= 4 is 61.1 Å². The Morgan fingerprint density at radius 3 is 2.69 bits per heavy atom. The van der Waals surface area contributed by atoms with E-state index in [2.05, 4.69) is 25.6 Å². The normalized spacial score (nSPS) is 11.9. The minimum atomic E-state index is -3.65. The number of benzene rings is 1. The molecule has 0 fully saturated rings. The first kappa shape index (κ1) is 23.9. The van der Waals surface area contributed by atoms with Crippen LogP contribution in [-0.2, 0) is 21.4 Å². The molecule has 0 saturated heterocycles. The van der Waals surface area contributed by atoms with E-state index < -0.39 is 15.9 Å². The van der Waals surface area contributed by atoms with Gasteiger partial charge in [-0.1, -0.05) is 49.0 Å². The molecule has 2 rings (SSSR count). The molecule has 0 aliphatic heterocycles. The van der Waals surface area contributed by atoms with Gasteiger partial charge < -0.3 is 4.57 Å².